The van der Waals surface area contributed by atoms with Crippen LogP contribution in [0.2, 0.25) is 0 Å². The Kier molecular flexibility index (Phi) is 4.33. The molecule has 2 N–H and O–H groups in total. The van der Waals surface area contributed by atoms with Gasteiger partial charge in [-0.2, -0.15) is 12.6 Å². The number of thiol groups is 1. The van der Waals surface area contributed by atoms with Crippen LogP contribution >= 0.6 is 12.6 Å². The fourth-order valence-electron chi connectivity index (χ4n) is 1.59. The first-order valence-electron chi connectivity index (χ1n) is 5.14. The van der Waals surface area contributed by atoms with Gasteiger partial charge in [-0.15, -0.1) is 0 Å². The first kappa shape index (κ1) is 11.4. The van der Waals surface area contributed by atoms with Gasteiger partial charge in [0.15, 0.2) is 0 Å². The minimum Gasteiger partial charge on any atom is -0.398 e. The lowest BCUT2D eigenvalue weighted by Gasteiger charge is -2.10. The highest BCUT2D eigenvalue weighted by Crippen LogP contribution is 2.23. The van der Waals surface area contributed by atoms with Crippen molar-refractivity contribution in [3.63, 3.8) is 0 Å². The minimum absolute atomic E-state index is 0.508. The van der Waals surface area contributed by atoms with Gasteiger partial charge in [-0.3, -0.25) is 0 Å². The predicted octanol–water partition coefficient (Wildman–Crippen LogP) is 3.25. The quantitative estimate of drug-likeness (QED) is 0.578. The molecule has 0 atom stereocenters. The maximum absolute atomic E-state index is 5.97. The molecule has 2 heteroatoms. The molecule has 0 aliphatic rings. The van der Waals surface area contributed by atoms with E-state index in [1.807, 2.05) is 0 Å². The monoisotopic (exact) mass is 209 g/mol. The Labute approximate surface area is 92.1 Å². The Balaban J connectivity index is 2.78. The molecule has 0 saturated carbocycles. The summed E-state index contributed by atoms with van der Waals surface area (Å²) in [4.78, 5) is 0. The van der Waals surface area contributed by atoms with Crippen molar-refractivity contribution in [1.29, 1.82) is 0 Å². The summed E-state index contributed by atoms with van der Waals surface area (Å²) in [5.41, 5.74) is 9.47. The Bertz CT molecular complexity index is 294. The summed E-state index contributed by atoms with van der Waals surface area (Å²) in [6.07, 6.45) is 2.19. The van der Waals surface area contributed by atoms with Crippen molar-refractivity contribution >= 4 is 18.3 Å². The summed E-state index contributed by atoms with van der Waals surface area (Å²) < 4.78 is 0. The van der Waals surface area contributed by atoms with E-state index in [1.165, 1.54) is 11.1 Å². The maximum Gasteiger partial charge on any atom is 0.0351 e. The Morgan fingerprint density at radius 1 is 1.36 bits per heavy atom. The second kappa shape index (κ2) is 5.30. The number of aryl methyl sites for hydroxylation is 1. The first-order valence-corrected chi connectivity index (χ1v) is 5.77. The van der Waals surface area contributed by atoms with E-state index < -0.39 is 0 Å². The molecule has 78 valence electrons. The third kappa shape index (κ3) is 2.95. The van der Waals surface area contributed by atoms with Crippen molar-refractivity contribution in [1.82, 2.24) is 0 Å². The zero-order valence-electron chi connectivity index (χ0n) is 8.96. The van der Waals surface area contributed by atoms with E-state index in [-0.39, 0.29) is 0 Å². The largest absolute Gasteiger partial charge is 0.398 e. The molecule has 1 rings (SSSR count). The van der Waals surface area contributed by atoms with Crippen LogP contribution in [0.15, 0.2) is 18.2 Å². The number of nitrogen functional groups attached to an aromatic ring is 1. The summed E-state index contributed by atoms with van der Waals surface area (Å²) in [6.45, 7) is 4.33. The second-order valence-corrected chi connectivity index (χ2v) is 4.39. The number of anilines is 1. The standard InChI is InChI=1S/C12H19NS/c1-9(2)11-6-5-10(4-3-7-14)8-12(11)13/h5-6,8-9,14H,3-4,7,13H2,1-2H3. The van der Waals surface area contributed by atoms with E-state index in [4.69, 9.17) is 5.73 Å². The van der Waals surface area contributed by atoms with Crippen molar-refractivity contribution in [2.45, 2.75) is 32.6 Å². The molecule has 1 aromatic rings. The highest BCUT2D eigenvalue weighted by molar-refractivity contribution is 7.80. The Hall–Kier alpha value is -0.630. The normalized spacial score (nSPS) is 10.9. The molecule has 0 aliphatic heterocycles. The number of hydrogen-bond acceptors (Lipinski definition) is 2. The first-order chi connectivity index (χ1) is 6.65. The molecule has 0 unspecified atom stereocenters. The van der Waals surface area contributed by atoms with Crippen LogP contribution in [-0.2, 0) is 6.42 Å². The zero-order chi connectivity index (χ0) is 10.6. The van der Waals surface area contributed by atoms with Gasteiger partial charge in [-0.05, 0) is 41.7 Å². The zero-order valence-corrected chi connectivity index (χ0v) is 9.85. The number of benzene rings is 1. The van der Waals surface area contributed by atoms with E-state index in [0.29, 0.717) is 5.92 Å². The number of hydrogen-bond donors (Lipinski definition) is 2. The average molecular weight is 209 g/mol. The van der Waals surface area contributed by atoms with E-state index >= 15 is 0 Å². The van der Waals surface area contributed by atoms with E-state index in [2.05, 4.69) is 44.7 Å². The van der Waals surface area contributed by atoms with Crippen LogP contribution in [0, 0.1) is 0 Å². The maximum atomic E-state index is 5.97. The van der Waals surface area contributed by atoms with Crippen LogP contribution in [0.1, 0.15) is 37.3 Å². The summed E-state index contributed by atoms with van der Waals surface area (Å²) in [6, 6.07) is 6.42. The van der Waals surface area contributed by atoms with Crippen LogP contribution in [0.3, 0.4) is 0 Å². The topological polar surface area (TPSA) is 26.0 Å². The Morgan fingerprint density at radius 3 is 2.57 bits per heavy atom. The van der Waals surface area contributed by atoms with Gasteiger partial charge in [0.25, 0.3) is 0 Å². The van der Waals surface area contributed by atoms with Crippen LogP contribution in [0.5, 0.6) is 0 Å². The van der Waals surface area contributed by atoms with Crippen molar-refractivity contribution in [2.75, 3.05) is 11.5 Å². The van der Waals surface area contributed by atoms with Gasteiger partial charge in [-0.25, -0.2) is 0 Å². The van der Waals surface area contributed by atoms with Crippen molar-refractivity contribution < 1.29 is 0 Å². The summed E-state index contributed by atoms with van der Waals surface area (Å²) in [5.74, 6) is 1.44. The minimum atomic E-state index is 0.508. The molecule has 0 aromatic heterocycles. The molecule has 1 aromatic carbocycles. The highest BCUT2D eigenvalue weighted by atomic mass is 32.1. The summed E-state index contributed by atoms with van der Waals surface area (Å²) in [5, 5.41) is 0. The fraction of sp³-hybridized carbons (Fsp3) is 0.500. The van der Waals surface area contributed by atoms with Gasteiger partial charge in [0.05, 0.1) is 0 Å². The molecule has 0 aliphatic carbocycles. The molecule has 14 heavy (non-hydrogen) atoms. The molecule has 0 fully saturated rings. The average Bonchev–Trinajstić information content (AvgIpc) is 2.14. The Morgan fingerprint density at radius 2 is 2.07 bits per heavy atom. The fourth-order valence-corrected chi connectivity index (χ4v) is 1.75. The van der Waals surface area contributed by atoms with Gasteiger partial charge in [-0.1, -0.05) is 26.0 Å². The summed E-state index contributed by atoms with van der Waals surface area (Å²) in [7, 11) is 0. The molecule has 0 radical (unpaired) electrons. The van der Waals surface area contributed by atoms with E-state index in [9.17, 15) is 0 Å². The van der Waals surface area contributed by atoms with Crippen molar-refractivity contribution in [3.05, 3.63) is 29.3 Å². The van der Waals surface area contributed by atoms with Gasteiger partial charge < -0.3 is 5.73 Å². The predicted molar refractivity (Wildman–Crippen MR) is 67.1 cm³/mol. The smallest absolute Gasteiger partial charge is 0.0351 e. The number of rotatable bonds is 4. The van der Waals surface area contributed by atoms with E-state index in [0.717, 1.165) is 24.3 Å². The van der Waals surface area contributed by atoms with Gasteiger partial charge in [0, 0.05) is 5.69 Å². The van der Waals surface area contributed by atoms with Crippen molar-refractivity contribution in [2.24, 2.45) is 0 Å². The van der Waals surface area contributed by atoms with Crippen LogP contribution in [0.25, 0.3) is 0 Å². The third-order valence-electron chi connectivity index (χ3n) is 2.40. The second-order valence-electron chi connectivity index (χ2n) is 3.95. The molecule has 0 saturated heterocycles. The lowest BCUT2D eigenvalue weighted by atomic mass is 9.98. The van der Waals surface area contributed by atoms with Crippen LogP contribution in [0.4, 0.5) is 5.69 Å². The lowest BCUT2D eigenvalue weighted by molar-refractivity contribution is 0.865. The molecule has 0 heterocycles. The number of nitrogens with two attached hydrogens (primary N) is 1. The van der Waals surface area contributed by atoms with Crippen LogP contribution < -0.4 is 5.73 Å². The molecular formula is C12H19NS. The summed E-state index contributed by atoms with van der Waals surface area (Å²) >= 11 is 4.20. The molecule has 0 amide bonds. The molecule has 0 spiro atoms. The lowest BCUT2D eigenvalue weighted by Crippen LogP contribution is -1.98. The van der Waals surface area contributed by atoms with Gasteiger partial charge in [0.1, 0.15) is 0 Å². The molecular weight excluding hydrogens is 190 g/mol. The highest BCUT2D eigenvalue weighted by Gasteiger charge is 2.04. The van der Waals surface area contributed by atoms with E-state index in [1.54, 1.807) is 0 Å². The van der Waals surface area contributed by atoms with Gasteiger partial charge >= 0.3 is 0 Å². The molecule has 1 nitrogen and oxygen atoms in total. The van der Waals surface area contributed by atoms with Crippen molar-refractivity contribution in [3.8, 4) is 0 Å². The van der Waals surface area contributed by atoms with Crippen LogP contribution in [-0.4, -0.2) is 5.75 Å². The SMILES string of the molecule is CC(C)c1ccc(CCCS)cc1N. The van der Waals surface area contributed by atoms with Gasteiger partial charge in [0.2, 0.25) is 0 Å². The third-order valence-corrected chi connectivity index (χ3v) is 2.71. The molecule has 0 bridgehead atoms.